The second-order valence-electron chi connectivity index (χ2n) is 4.10. The molecule has 112 valence electrons. The molecule has 0 radical (unpaired) electrons. The van der Waals surface area contributed by atoms with E-state index in [1.54, 1.807) is 24.3 Å². The standard InChI is InChI=1S/C7H5FIN3.C7H3FIN/c8-3-1-2-4(9)5-6(3)11-12-7(5)10;8-6-2-1-3-7(9)5(6)4-10/h1-2H,(H3,10,11,12);1-3H. The number of anilines is 1. The molecule has 0 atom stereocenters. The number of H-pyrrole nitrogens is 1. The third-order valence-corrected chi connectivity index (χ3v) is 4.52. The number of nitrogens with zero attached hydrogens (tertiary/aromatic N) is 2. The second-order valence-corrected chi connectivity index (χ2v) is 6.42. The molecular weight excluding hydrogens is 516 g/mol. The summed E-state index contributed by atoms with van der Waals surface area (Å²) in [4.78, 5) is 0. The molecule has 0 aliphatic heterocycles. The Hall–Kier alpha value is -1.48. The summed E-state index contributed by atoms with van der Waals surface area (Å²) >= 11 is 4.01. The second kappa shape index (κ2) is 7.19. The quantitative estimate of drug-likeness (QED) is 0.434. The van der Waals surface area contributed by atoms with Gasteiger partial charge >= 0.3 is 0 Å². The Morgan fingerprint density at radius 2 is 1.82 bits per heavy atom. The molecule has 0 amide bonds. The summed E-state index contributed by atoms with van der Waals surface area (Å²) in [6, 6.07) is 9.40. The van der Waals surface area contributed by atoms with Crippen molar-refractivity contribution >= 4 is 61.9 Å². The number of hydrogen-bond acceptors (Lipinski definition) is 3. The lowest BCUT2D eigenvalue weighted by Crippen LogP contribution is -1.86. The largest absolute Gasteiger partial charge is 0.382 e. The zero-order valence-corrected chi connectivity index (χ0v) is 15.2. The van der Waals surface area contributed by atoms with E-state index in [1.165, 1.54) is 12.1 Å². The van der Waals surface area contributed by atoms with Crippen LogP contribution >= 0.6 is 45.2 Å². The van der Waals surface area contributed by atoms with Gasteiger partial charge in [0, 0.05) is 7.14 Å². The maximum absolute atomic E-state index is 13.0. The lowest BCUT2D eigenvalue weighted by atomic mass is 10.2. The maximum atomic E-state index is 13.0. The molecule has 1 aromatic heterocycles. The Bertz CT molecular complexity index is 851. The van der Waals surface area contributed by atoms with E-state index in [-0.39, 0.29) is 11.4 Å². The molecule has 3 aromatic rings. The summed E-state index contributed by atoms with van der Waals surface area (Å²) in [7, 11) is 0. The highest BCUT2D eigenvalue weighted by atomic mass is 127. The SMILES string of the molecule is N#Cc1c(F)cccc1I.Nc1n[nH]c2c(F)ccc(I)c12. The van der Waals surface area contributed by atoms with Crippen molar-refractivity contribution in [2.75, 3.05) is 5.73 Å². The van der Waals surface area contributed by atoms with Crippen molar-refractivity contribution in [1.82, 2.24) is 10.2 Å². The first-order valence-corrected chi connectivity index (χ1v) is 8.03. The Morgan fingerprint density at radius 1 is 1.09 bits per heavy atom. The average molecular weight is 524 g/mol. The molecule has 4 nitrogen and oxygen atoms in total. The molecule has 8 heteroatoms. The van der Waals surface area contributed by atoms with Crippen molar-refractivity contribution in [3.63, 3.8) is 0 Å². The molecular formula is C14H8F2I2N4. The van der Waals surface area contributed by atoms with E-state index in [0.717, 1.165) is 3.57 Å². The van der Waals surface area contributed by atoms with E-state index >= 15 is 0 Å². The van der Waals surface area contributed by atoms with Crippen LogP contribution in [-0.2, 0) is 0 Å². The molecule has 0 fully saturated rings. The smallest absolute Gasteiger partial charge is 0.154 e. The predicted octanol–water partition coefficient (Wildman–Crippen LogP) is 4.19. The fourth-order valence-corrected chi connectivity index (χ4v) is 3.00. The first-order valence-electron chi connectivity index (χ1n) is 5.87. The highest BCUT2D eigenvalue weighted by Crippen LogP contribution is 2.25. The predicted molar refractivity (Wildman–Crippen MR) is 97.0 cm³/mol. The van der Waals surface area contributed by atoms with Crippen molar-refractivity contribution < 1.29 is 8.78 Å². The van der Waals surface area contributed by atoms with Crippen molar-refractivity contribution in [3.8, 4) is 6.07 Å². The minimum Gasteiger partial charge on any atom is -0.382 e. The van der Waals surface area contributed by atoms with Crippen LogP contribution in [0.3, 0.4) is 0 Å². The van der Waals surface area contributed by atoms with Crippen LogP contribution in [0.5, 0.6) is 0 Å². The average Bonchev–Trinajstić information content (AvgIpc) is 2.87. The molecule has 3 N–H and O–H groups in total. The van der Waals surface area contributed by atoms with Crippen LogP contribution in [0, 0.1) is 30.1 Å². The highest BCUT2D eigenvalue weighted by Gasteiger charge is 2.09. The number of hydrogen-bond donors (Lipinski definition) is 2. The van der Waals surface area contributed by atoms with Gasteiger partial charge < -0.3 is 5.73 Å². The van der Waals surface area contributed by atoms with E-state index < -0.39 is 5.82 Å². The number of nitrogens with one attached hydrogen (secondary N) is 1. The van der Waals surface area contributed by atoms with Crippen LogP contribution in [0.2, 0.25) is 0 Å². The number of fused-ring (bicyclic) bond motifs is 1. The van der Waals surface area contributed by atoms with E-state index in [4.69, 9.17) is 11.0 Å². The highest BCUT2D eigenvalue weighted by molar-refractivity contribution is 14.1. The van der Waals surface area contributed by atoms with Crippen LogP contribution in [-0.4, -0.2) is 10.2 Å². The van der Waals surface area contributed by atoms with Crippen LogP contribution in [0.15, 0.2) is 30.3 Å². The monoisotopic (exact) mass is 524 g/mol. The zero-order chi connectivity index (χ0) is 16.3. The third-order valence-electron chi connectivity index (χ3n) is 2.72. The number of aromatic amines is 1. The molecule has 0 aliphatic carbocycles. The first kappa shape index (κ1) is 16.9. The van der Waals surface area contributed by atoms with Crippen molar-refractivity contribution in [3.05, 3.63) is 54.7 Å². The van der Waals surface area contributed by atoms with Crippen LogP contribution in [0.1, 0.15) is 5.56 Å². The number of halogens is 4. The van der Waals surface area contributed by atoms with Gasteiger partial charge in [-0.25, -0.2) is 8.78 Å². The summed E-state index contributed by atoms with van der Waals surface area (Å²) in [5, 5.41) is 15.3. The molecule has 1 heterocycles. The van der Waals surface area contributed by atoms with E-state index in [9.17, 15) is 8.78 Å². The number of benzene rings is 2. The molecule has 0 aliphatic rings. The first-order chi connectivity index (χ1) is 10.5. The number of nitrogen functional groups attached to an aromatic ring is 1. The van der Waals surface area contributed by atoms with Gasteiger partial charge in [0.25, 0.3) is 0 Å². The van der Waals surface area contributed by atoms with Gasteiger partial charge in [-0.1, -0.05) is 6.07 Å². The van der Waals surface area contributed by atoms with Crippen LogP contribution < -0.4 is 5.73 Å². The molecule has 0 unspecified atom stereocenters. The van der Waals surface area contributed by atoms with Gasteiger partial charge in [0.15, 0.2) is 5.82 Å². The number of aromatic nitrogens is 2. The minimum atomic E-state index is -0.450. The molecule has 2 aromatic carbocycles. The van der Waals surface area contributed by atoms with Crippen molar-refractivity contribution in [2.24, 2.45) is 0 Å². The van der Waals surface area contributed by atoms with E-state index in [2.05, 4.69) is 32.8 Å². The topological polar surface area (TPSA) is 78.5 Å². The summed E-state index contributed by atoms with van der Waals surface area (Å²) < 4.78 is 27.2. The summed E-state index contributed by atoms with van der Waals surface area (Å²) in [6.07, 6.45) is 0. The molecule has 0 saturated heterocycles. The number of nitriles is 1. The number of nitrogens with two attached hydrogens (primary N) is 1. The van der Waals surface area contributed by atoms with Gasteiger partial charge in [-0.15, -0.1) is 0 Å². The fraction of sp³-hybridized carbons (Fsp3) is 0. The van der Waals surface area contributed by atoms with Gasteiger partial charge in [0.1, 0.15) is 28.8 Å². The number of rotatable bonds is 0. The Labute approximate surface area is 152 Å². The Balaban J connectivity index is 0.000000164. The summed E-state index contributed by atoms with van der Waals surface area (Å²) in [6.45, 7) is 0. The normalized spacial score (nSPS) is 9.95. The fourth-order valence-electron chi connectivity index (χ4n) is 1.69. The molecule has 0 spiro atoms. The van der Waals surface area contributed by atoms with E-state index in [1.807, 2.05) is 22.6 Å². The van der Waals surface area contributed by atoms with E-state index in [0.29, 0.717) is 20.3 Å². The van der Waals surface area contributed by atoms with Gasteiger partial charge in [0.05, 0.1) is 5.39 Å². The third kappa shape index (κ3) is 3.46. The maximum Gasteiger partial charge on any atom is 0.154 e. The zero-order valence-electron chi connectivity index (χ0n) is 10.9. The molecule has 0 saturated carbocycles. The Kier molecular flexibility index (Phi) is 5.52. The molecule has 3 rings (SSSR count). The van der Waals surface area contributed by atoms with Gasteiger partial charge in [-0.05, 0) is 69.4 Å². The van der Waals surface area contributed by atoms with Crippen LogP contribution in [0.25, 0.3) is 10.9 Å². The Morgan fingerprint density at radius 3 is 2.36 bits per heavy atom. The lowest BCUT2D eigenvalue weighted by Gasteiger charge is -1.94. The lowest BCUT2D eigenvalue weighted by molar-refractivity contribution is 0.623. The minimum absolute atomic E-state index is 0.128. The van der Waals surface area contributed by atoms with Gasteiger partial charge in [0.2, 0.25) is 0 Å². The molecule has 0 bridgehead atoms. The van der Waals surface area contributed by atoms with Crippen molar-refractivity contribution in [2.45, 2.75) is 0 Å². The summed E-state index contributed by atoms with van der Waals surface area (Å²) in [5.74, 6) is -0.432. The summed E-state index contributed by atoms with van der Waals surface area (Å²) in [5.41, 5.74) is 6.03. The van der Waals surface area contributed by atoms with Crippen LogP contribution in [0.4, 0.5) is 14.6 Å². The van der Waals surface area contributed by atoms with Gasteiger partial charge in [-0.2, -0.15) is 10.4 Å². The van der Waals surface area contributed by atoms with Crippen molar-refractivity contribution in [1.29, 1.82) is 5.26 Å². The van der Waals surface area contributed by atoms with Gasteiger partial charge in [-0.3, -0.25) is 5.10 Å². The molecule has 22 heavy (non-hydrogen) atoms.